The smallest absolute Gasteiger partial charge is 0.251 e. The van der Waals surface area contributed by atoms with Crippen LogP contribution in [-0.4, -0.2) is 13.0 Å². The summed E-state index contributed by atoms with van der Waals surface area (Å²) in [7, 11) is 1.60. The first kappa shape index (κ1) is 13.4. The molecule has 0 saturated carbocycles. The molecular formula is C15H14ClNO2. The molecule has 0 aromatic heterocycles. The lowest BCUT2D eigenvalue weighted by Crippen LogP contribution is -2.17. The Labute approximate surface area is 117 Å². The maximum atomic E-state index is 11.5. The molecule has 1 amide bonds. The number of carbonyl (C=O) groups excluding carboxylic acids is 1. The molecule has 0 unspecified atom stereocenters. The van der Waals surface area contributed by atoms with Crippen LogP contribution in [0.5, 0.6) is 5.75 Å². The van der Waals surface area contributed by atoms with Crippen molar-refractivity contribution in [2.75, 3.05) is 7.05 Å². The molecule has 4 heteroatoms. The fourth-order valence-corrected chi connectivity index (χ4v) is 1.74. The highest BCUT2D eigenvalue weighted by Gasteiger charge is 2.04. The van der Waals surface area contributed by atoms with Gasteiger partial charge in [-0.05, 0) is 35.9 Å². The average Bonchev–Trinajstić information content (AvgIpc) is 2.46. The number of halogens is 1. The van der Waals surface area contributed by atoms with E-state index < -0.39 is 0 Å². The average molecular weight is 276 g/mol. The number of benzene rings is 2. The van der Waals surface area contributed by atoms with Gasteiger partial charge in [-0.1, -0.05) is 29.8 Å². The summed E-state index contributed by atoms with van der Waals surface area (Å²) in [6.07, 6.45) is 0. The van der Waals surface area contributed by atoms with Crippen LogP contribution < -0.4 is 10.1 Å². The van der Waals surface area contributed by atoms with Gasteiger partial charge in [0.05, 0.1) is 0 Å². The van der Waals surface area contributed by atoms with Crippen molar-refractivity contribution in [1.29, 1.82) is 0 Å². The van der Waals surface area contributed by atoms with Gasteiger partial charge >= 0.3 is 0 Å². The summed E-state index contributed by atoms with van der Waals surface area (Å²) >= 11 is 5.82. The first-order valence-corrected chi connectivity index (χ1v) is 6.26. The van der Waals surface area contributed by atoms with E-state index in [-0.39, 0.29) is 5.91 Å². The third kappa shape index (κ3) is 3.73. The van der Waals surface area contributed by atoms with Gasteiger partial charge in [0.1, 0.15) is 12.4 Å². The van der Waals surface area contributed by atoms with Crippen molar-refractivity contribution in [3.05, 3.63) is 64.7 Å². The minimum Gasteiger partial charge on any atom is -0.489 e. The Bertz CT molecular complexity index is 567. The second-order valence-electron chi connectivity index (χ2n) is 4.02. The molecule has 0 aliphatic rings. The molecule has 0 bridgehead atoms. The fourth-order valence-electron chi connectivity index (χ4n) is 1.62. The largest absolute Gasteiger partial charge is 0.489 e. The highest BCUT2D eigenvalue weighted by atomic mass is 35.5. The van der Waals surface area contributed by atoms with E-state index in [1.54, 1.807) is 25.2 Å². The summed E-state index contributed by atoms with van der Waals surface area (Å²) in [6, 6.07) is 14.5. The summed E-state index contributed by atoms with van der Waals surface area (Å²) in [5.74, 6) is 0.535. The lowest BCUT2D eigenvalue weighted by molar-refractivity contribution is 0.0962. The minimum absolute atomic E-state index is 0.128. The van der Waals surface area contributed by atoms with Crippen LogP contribution in [0, 0.1) is 0 Å². The van der Waals surface area contributed by atoms with Crippen molar-refractivity contribution >= 4 is 17.5 Å². The van der Waals surface area contributed by atoms with Crippen molar-refractivity contribution in [2.45, 2.75) is 6.61 Å². The van der Waals surface area contributed by atoms with E-state index in [4.69, 9.17) is 16.3 Å². The fraction of sp³-hybridized carbons (Fsp3) is 0.133. The van der Waals surface area contributed by atoms with Gasteiger partial charge in [0.2, 0.25) is 0 Å². The van der Waals surface area contributed by atoms with E-state index in [0.717, 1.165) is 5.56 Å². The Morgan fingerprint density at radius 3 is 2.63 bits per heavy atom. The third-order valence-corrected chi connectivity index (χ3v) is 2.89. The molecule has 0 aliphatic heterocycles. The molecule has 98 valence electrons. The van der Waals surface area contributed by atoms with Crippen LogP contribution in [0.15, 0.2) is 48.5 Å². The predicted molar refractivity (Wildman–Crippen MR) is 75.6 cm³/mol. The summed E-state index contributed by atoms with van der Waals surface area (Å²) in [5, 5.41) is 3.28. The second-order valence-corrected chi connectivity index (χ2v) is 4.46. The molecule has 3 nitrogen and oxygen atoms in total. The van der Waals surface area contributed by atoms with E-state index in [2.05, 4.69) is 5.32 Å². The van der Waals surface area contributed by atoms with E-state index in [1.165, 1.54) is 0 Å². The molecule has 0 heterocycles. The summed E-state index contributed by atoms with van der Waals surface area (Å²) in [5.41, 5.74) is 1.60. The number of hydrogen-bond donors (Lipinski definition) is 1. The lowest BCUT2D eigenvalue weighted by Gasteiger charge is -2.08. The predicted octanol–water partition coefficient (Wildman–Crippen LogP) is 3.28. The molecular weight excluding hydrogens is 262 g/mol. The van der Waals surface area contributed by atoms with Crippen LogP contribution >= 0.6 is 11.6 Å². The van der Waals surface area contributed by atoms with Gasteiger partial charge in [0.15, 0.2) is 0 Å². The van der Waals surface area contributed by atoms with Gasteiger partial charge in [-0.15, -0.1) is 0 Å². The standard InChI is InChI=1S/C15H14ClNO2/c1-17-15(18)12-3-2-4-14(9-12)19-10-11-5-7-13(16)8-6-11/h2-9H,10H2,1H3,(H,17,18). The molecule has 0 atom stereocenters. The van der Waals surface area contributed by atoms with Gasteiger partial charge in [0, 0.05) is 17.6 Å². The number of ether oxygens (including phenoxy) is 1. The molecule has 2 aromatic carbocycles. The first-order valence-electron chi connectivity index (χ1n) is 5.88. The number of nitrogens with one attached hydrogen (secondary N) is 1. The molecule has 0 radical (unpaired) electrons. The van der Waals surface area contributed by atoms with Gasteiger partial charge in [0.25, 0.3) is 5.91 Å². The lowest BCUT2D eigenvalue weighted by atomic mass is 10.2. The van der Waals surface area contributed by atoms with Crippen molar-refractivity contribution in [3.63, 3.8) is 0 Å². The molecule has 0 saturated heterocycles. The van der Waals surface area contributed by atoms with Gasteiger partial charge in [-0.2, -0.15) is 0 Å². The Balaban J connectivity index is 2.03. The highest BCUT2D eigenvalue weighted by molar-refractivity contribution is 6.30. The van der Waals surface area contributed by atoms with E-state index in [9.17, 15) is 4.79 Å². The Morgan fingerprint density at radius 1 is 1.21 bits per heavy atom. The van der Waals surface area contributed by atoms with Crippen LogP contribution in [0.25, 0.3) is 0 Å². The topological polar surface area (TPSA) is 38.3 Å². The second kappa shape index (κ2) is 6.25. The van der Waals surface area contributed by atoms with Crippen LogP contribution in [0.1, 0.15) is 15.9 Å². The zero-order valence-electron chi connectivity index (χ0n) is 10.5. The SMILES string of the molecule is CNC(=O)c1cccc(OCc2ccc(Cl)cc2)c1. The molecule has 19 heavy (non-hydrogen) atoms. The van der Waals surface area contributed by atoms with E-state index >= 15 is 0 Å². The minimum atomic E-state index is -0.128. The Morgan fingerprint density at radius 2 is 1.95 bits per heavy atom. The van der Waals surface area contributed by atoms with Crippen LogP contribution in [-0.2, 0) is 6.61 Å². The summed E-state index contributed by atoms with van der Waals surface area (Å²) in [4.78, 5) is 11.5. The first-order chi connectivity index (χ1) is 9.19. The van der Waals surface area contributed by atoms with Crippen molar-refractivity contribution in [1.82, 2.24) is 5.32 Å². The third-order valence-electron chi connectivity index (χ3n) is 2.64. The number of rotatable bonds is 4. The number of amides is 1. The Kier molecular flexibility index (Phi) is 4.42. The normalized spacial score (nSPS) is 10.0. The van der Waals surface area contributed by atoms with Gasteiger partial charge < -0.3 is 10.1 Å². The van der Waals surface area contributed by atoms with Crippen molar-refractivity contribution < 1.29 is 9.53 Å². The molecule has 0 fully saturated rings. The zero-order valence-corrected chi connectivity index (χ0v) is 11.3. The van der Waals surface area contributed by atoms with Gasteiger partial charge in [-0.3, -0.25) is 4.79 Å². The zero-order chi connectivity index (χ0) is 13.7. The maximum Gasteiger partial charge on any atom is 0.251 e. The van der Waals surface area contributed by atoms with Crippen LogP contribution in [0.2, 0.25) is 5.02 Å². The number of carbonyl (C=O) groups is 1. The van der Waals surface area contributed by atoms with Crippen molar-refractivity contribution in [2.24, 2.45) is 0 Å². The Hall–Kier alpha value is -2.00. The monoisotopic (exact) mass is 275 g/mol. The van der Waals surface area contributed by atoms with Gasteiger partial charge in [-0.25, -0.2) is 0 Å². The van der Waals surface area contributed by atoms with Crippen molar-refractivity contribution in [3.8, 4) is 5.75 Å². The molecule has 0 spiro atoms. The quantitative estimate of drug-likeness (QED) is 0.930. The van der Waals surface area contributed by atoms with E-state index in [1.807, 2.05) is 30.3 Å². The molecule has 2 aromatic rings. The highest BCUT2D eigenvalue weighted by Crippen LogP contribution is 2.16. The number of hydrogen-bond acceptors (Lipinski definition) is 2. The summed E-state index contributed by atoms with van der Waals surface area (Å²) < 4.78 is 5.64. The molecule has 2 rings (SSSR count). The molecule has 0 aliphatic carbocycles. The molecule has 1 N–H and O–H groups in total. The maximum absolute atomic E-state index is 11.5. The summed E-state index contributed by atoms with van der Waals surface area (Å²) in [6.45, 7) is 0.439. The van der Waals surface area contributed by atoms with Crippen LogP contribution in [0.3, 0.4) is 0 Å². The van der Waals surface area contributed by atoms with E-state index in [0.29, 0.717) is 22.9 Å². The van der Waals surface area contributed by atoms with Crippen LogP contribution in [0.4, 0.5) is 0 Å².